The Morgan fingerprint density at radius 1 is 0.976 bits per heavy atom. The summed E-state index contributed by atoms with van der Waals surface area (Å²) in [4.78, 5) is 37.2. The van der Waals surface area contributed by atoms with E-state index in [0.29, 0.717) is 17.2 Å². The highest BCUT2D eigenvalue weighted by atomic mass is 79.9. The number of amides is 2. The molecule has 218 valence electrons. The zero-order valence-electron chi connectivity index (χ0n) is 22.8. The zero-order valence-corrected chi connectivity index (χ0v) is 24.4. The fraction of sp³-hybridized carbons (Fsp3) is 0.179. The summed E-state index contributed by atoms with van der Waals surface area (Å²) in [5, 5.41) is 11.1. The lowest BCUT2D eigenvalue weighted by atomic mass is 10.0. The third-order valence-electron chi connectivity index (χ3n) is 6.13. The minimum absolute atomic E-state index is 0.0823. The monoisotopic (exact) mass is 643 g/mol. The summed E-state index contributed by atoms with van der Waals surface area (Å²) in [7, 11) is 1.53. The van der Waals surface area contributed by atoms with Gasteiger partial charge in [-0.1, -0.05) is 19.9 Å². The number of carbonyl (C=O) groups is 2. The average molecular weight is 644 g/mol. The number of hydrogen-bond acceptors (Lipinski definition) is 5. The van der Waals surface area contributed by atoms with Crippen molar-refractivity contribution >= 4 is 44.3 Å². The molecule has 0 aliphatic rings. The van der Waals surface area contributed by atoms with E-state index >= 15 is 0 Å². The number of carbonyl (C=O) groups excluding carboxylic acids is 2. The molecule has 0 aliphatic carbocycles. The van der Waals surface area contributed by atoms with E-state index in [1.165, 1.54) is 45.2 Å². The lowest BCUT2D eigenvalue weighted by Crippen LogP contribution is -2.21. The molecular formula is C28H25BrF3N7O3. The first kappa shape index (κ1) is 30.2. The van der Waals surface area contributed by atoms with E-state index in [1.54, 1.807) is 31.2 Å². The maximum Gasteiger partial charge on any atom is 0.416 e. The van der Waals surface area contributed by atoms with Gasteiger partial charge in [0.05, 0.1) is 28.0 Å². The molecule has 3 aromatic carbocycles. The highest BCUT2D eigenvalue weighted by Crippen LogP contribution is 2.37. The predicted octanol–water partition coefficient (Wildman–Crippen LogP) is 5.38. The van der Waals surface area contributed by atoms with E-state index < -0.39 is 23.6 Å². The Morgan fingerprint density at radius 2 is 1.62 bits per heavy atom. The Morgan fingerprint density at radius 3 is 2.19 bits per heavy atom. The SMILES string of the molecule is CC.Cc1nn(C)c(=O)n1-c1ccc(-n2nc3cc(C(F)(F)F)cc(C(=O)Nc4cccc(C(N)=O)c4)c3c2Br)cc1. The first-order valence-electron chi connectivity index (χ1n) is 12.6. The van der Waals surface area contributed by atoms with Crippen LogP contribution in [0.3, 0.4) is 0 Å². The lowest BCUT2D eigenvalue weighted by molar-refractivity contribution is -0.137. The number of aryl methyl sites for hydroxylation is 2. The van der Waals surface area contributed by atoms with Crippen LogP contribution < -0.4 is 16.7 Å². The third kappa shape index (κ3) is 5.70. The molecule has 0 saturated heterocycles. The minimum atomic E-state index is -4.75. The van der Waals surface area contributed by atoms with E-state index in [9.17, 15) is 27.6 Å². The number of rotatable bonds is 5. The smallest absolute Gasteiger partial charge is 0.366 e. The van der Waals surface area contributed by atoms with Crippen LogP contribution >= 0.6 is 15.9 Å². The molecule has 42 heavy (non-hydrogen) atoms. The van der Waals surface area contributed by atoms with Gasteiger partial charge >= 0.3 is 11.9 Å². The molecule has 10 nitrogen and oxygen atoms in total. The minimum Gasteiger partial charge on any atom is -0.366 e. The van der Waals surface area contributed by atoms with Crippen molar-refractivity contribution in [3.05, 3.63) is 98.3 Å². The fourth-order valence-corrected chi connectivity index (χ4v) is 4.97. The summed E-state index contributed by atoms with van der Waals surface area (Å²) >= 11 is 3.40. The van der Waals surface area contributed by atoms with Gasteiger partial charge in [0.15, 0.2) is 0 Å². The van der Waals surface area contributed by atoms with Gasteiger partial charge in [-0.15, -0.1) is 0 Å². The van der Waals surface area contributed by atoms with Gasteiger partial charge in [-0.05, 0) is 77.5 Å². The molecule has 0 fully saturated rings. The number of nitrogens with two attached hydrogens (primary N) is 1. The van der Waals surface area contributed by atoms with Crippen LogP contribution in [-0.4, -0.2) is 35.9 Å². The second-order valence-corrected chi connectivity index (χ2v) is 9.57. The van der Waals surface area contributed by atoms with Crippen LogP contribution in [0.5, 0.6) is 0 Å². The summed E-state index contributed by atoms with van der Waals surface area (Å²) in [5.41, 5.74) is 4.79. The van der Waals surface area contributed by atoms with Gasteiger partial charge < -0.3 is 11.1 Å². The molecule has 2 heterocycles. The highest BCUT2D eigenvalue weighted by molar-refractivity contribution is 9.10. The fourth-order valence-electron chi connectivity index (χ4n) is 4.27. The number of primary amides is 1. The first-order chi connectivity index (χ1) is 19.8. The van der Waals surface area contributed by atoms with Gasteiger partial charge in [-0.3, -0.25) is 9.59 Å². The van der Waals surface area contributed by atoms with E-state index in [0.717, 1.165) is 12.1 Å². The van der Waals surface area contributed by atoms with Gasteiger partial charge in [-0.2, -0.15) is 23.4 Å². The summed E-state index contributed by atoms with van der Waals surface area (Å²) < 4.78 is 45.5. The molecule has 0 saturated carbocycles. The number of alkyl halides is 3. The Labute approximate surface area is 245 Å². The maximum absolute atomic E-state index is 13.8. The van der Waals surface area contributed by atoms with Crippen LogP contribution in [0.4, 0.5) is 18.9 Å². The first-order valence-corrected chi connectivity index (χ1v) is 13.4. The summed E-state index contributed by atoms with van der Waals surface area (Å²) in [6.07, 6.45) is -4.75. The third-order valence-corrected chi connectivity index (χ3v) is 6.87. The number of aromatic nitrogens is 5. The Hall–Kier alpha value is -4.72. The van der Waals surface area contributed by atoms with Crippen molar-refractivity contribution < 1.29 is 22.8 Å². The van der Waals surface area contributed by atoms with Crippen LogP contribution in [0.1, 0.15) is 46.0 Å². The van der Waals surface area contributed by atoms with Gasteiger partial charge in [0.1, 0.15) is 10.4 Å². The number of halogens is 4. The number of nitrogens with zero attached hydrogens (tertiary/aromatic N) is 5. The molecule has 5 aromatic rings. The van der Waals surface area contributed by atoms with Gasteiger partial charge in [0.2, 0.25) is 5.91 Å². The van der Waals surface area contributed by atoms with Crippen LogP contribution in [0.15, 0.2) is 70.1 Å². The lowest BCUT2D eigenvalue weighted by Gasteiger charge is -2.11. The van der Waals surface area contributed by atoms with Gasteiger partial charge in [0, 0.05) is 23.7 Å². The van der Waals surface area contributed by atoms with Gasteiger partial charge in [-0.25, -0.2) is 18.7 Å². The Kier molecular flexibility index (Phi) is 8.38. The van der Waals surface area contributed by atoms with E-state index in [1.807, 2.05) is 13.8 Å². The van der Waals surface area contributed by atoms with Crippen molar-refractivity contribution in [2.75, 3.05) is 5.32 Å². The number of nitrogens with one attached hydrogen (secondary N) is 1. The quantitative estimate of drug-likeness (QED) is 0.266. The normalized spacial score (nSPS) is 11.2. The molecule has 3 N–H and O–H groups in total. The molecule has 0 atom stereocenters. The molecule has 14 heteroatoms. The van der Waals surface area contributed by atoms with Gasteiger partial charge in [0.25, 0.3) is 5.91 Å². The largest absolute Gasteiger partial charge is 0.416 e. The molecule has 5 rings (SSSR count). The molecule has 0 radical (unpaired) electrons. The van der Waals surface area contributed by atoms with Crippen LogP contribution in [-0.2, 0) is 13.2 Å². The van der Waals surface area contributed by atoms with Crippen molar-refractivity contribution in [2.24, 2.45) is 12.8 Å². The number of hydrogen-bond donors (Lipinski definition) is 2. The summed E-state index contributed by atoms with van der Waals surface area (Å²) in [6.45, 7) is 5.68. The van der Waals surface area contributed by atoms with Crippen molar-refractivity contribution in [2.45, 2.75) is 26.9 Å². The highest BCUT2D eigenvalue weighted by Gasteiger charge is 2.33. The predicted molar refractivity (Wildman–Crippen MR) is 155 cm³/mol. The Bertz CT molecular complexity index is 1870. The molecular weight excluding hydrogens is 619 g/mol. The topological polar surface area (TPSA) is 130 Å². The molecule has 0 unspecified atom stereocenters. The second kappa shape index (κ2) is 11.6. The second-order valence-electron chi connectivity index (χ2n) is 8.82. The maximum atomic E-state index is 13.8. The van der Waals surface area contributed by atoms with Crippen molar-refractivity contribution in [3.8, 4) is 11.4 Å². The molecule has 2 amide bonds. The molecule has 2 aromatic heterocycles. The molecule has 0 bridgehead atoms. The van der Waals surface area contributed by atoms with E-state index in [4.69, 9.17) is 5.73 Å². The van der Waals surface area contributed by atoms with Crippen LogP contribution in [0.25, 0.3) is 22.3 Å². The standard InChI is InChI=1S/C26H19BrF3N7O3.C2H6/c1-13-33-35(2)25(40)36(13)17-6-8-18(9-7-17)37-22(27)21-19(11-15(26(28,29)30)12-20(21)34-37)24(39)32-16-5-3-4-14(10-16)23(31)38;1-2/h3-12H,1-2H3,(H2,31,38)(H,32,39);1-2H3. The van der Waals surface area contributed by atoms with Crippen molar-refractivity contribution in [1.82, 2.24) is 24.1 Å². The van der Waals surface area contributed by atoms with Crippen LogP contribution in [0, 0.1) is 6.92 Å². The summed E-state index contributed by atoms with van der Waals surface area (Å²) in [6, 6.07) is 13.9. The molecule has 0 aliphatic heterocycles. The Balaban J connectivity index is 0.00000198. The number of anilines is 1. The average Bonchev–Trinajstić information content (AvgIpc) is 3.42. The van der Waals surface area contributed by atoms with Crippen molar-refractivity contribution in [3.63, 3.8) is 0 Å². The summed E-state index contributed by atoms with van der Waals surface area (Å²) in [5.74, 6) is -1.10. The van der Waals surface area contributed by atoms with Crippen LogP contribution in [0.2, 0.25) is 0 Å². The van der Waals surface area contributed by atoms with Crippen molar-refractivity contribution in [1.29, 1.82) is 0 Å². The number of benzene rings is 3. The van der Waals surface area contributed by atoms with E-state index in [-0.39, 0.29) is 38.0 Å². The number of fused-ring (bicyclic) bond motifs is 1. The molecule has 0 spiro atoms. The zero-order chi connectivity index (χ0) is 30.9. The van der Waals surface area contributed by atoms with E-state index in [2.05, 4.69) is 31.4 Å².